The van der Waals surface area contributed by atoms with E-state index in [-0.39, 0.29) is 0 Å². The van der Waals surface area contributed by atoms with Crippen LogP contribution in [0.3, 0.4) is 0 Å². The van der Waals surface area contributed by atoms with Crippen LogP contribution in [0, 0.1) is 6.92 Å². The molecule has 5 nitrogen and oxygen atoms in total. The quantitative estimate of drug-likeness (QED) is 0.807. The van der Waals surface area contributed by atoms with Gasteiger partial charge in [-0.25, -0.2) is 9.97 Å². The molecule has 0 bridgehead atoms. The number of hydrogen-bond donors (Lipinski definition) is 1. The van der Waals surface area contributed by atoms with Crippen LogP contribution < -0.4 is 5.32 Å². The van der Waals surface area contributed by atoms with Gasteiger partial charge in [0, 0.05) is 11.9 Å². The molecule has 0 amide bonds. The van der Waals surface area contributed by atoms with Gasteiger partial charge in [0.15, 0.2) is 5.65 Å². The summed E-state index contributed by atoms with van der Waals surface area (Å²) in [7, 11) is 0. The second-order valence-corrected chi connectivity index (χ2v) is 5.04. The Morgan fingerprint density at radius 3 is 2.84 bits per heavy atom. The number of fused-ring (bicyclic) bond motifs is 1. The van der Waals surface area contributed by atoms with E-state index in [1.165, 1.54) is 0 Å². The molecule has 0 atom stereocenters. The average molecular weight is 318 g/mol. The van der Waals surface area contributed by atoms with Gasteiger partial charge in [-0.3, -0.25) is 9.38 Å². The highest BCUT2D eigenvalue weighted by atomic mass is 79.9. The topological polar surface area (TPSA) is 55.1 Å². The maximum atomic E-state index is 4.31. The number of halogens is 1. The first-order valence-corrected chi connectivity index (χ1v) is 6.66. The Hall–Kier alpha value is -1.95. The number of nitrogens with zero attached hydrogens (tertiary/aromatic N) is 4. The molecule has 0 saturated carbocycles. The molecule has 0 aliphatic heterocycles. The molecule has 3 aromatic heterocycles. The summed E-state index contributed by atoms with van der Waals surface area (Å²) >= 11 is 3.37. The molecule has 0 aromatic carbocycles. The highest BCUT2D eigenvalue weighted by Crippen LogP contribution is 2.12. The third-order valence-electron chi connectivity index (χ3n) is 2.83. The third-order valence-corrected chi connectivity index (χ3v) is 3.24. The monoisotopic (exact) mass is 317 g/mol. The van der Waals surface area contributed by atoms with Gasteiger partial charge in [0.2, 0.25) is 0 Å². The van der Waals surface area contributed by atoms with E-state index in [9.17, 15) is 0 Å². The second kappa shape index (κ2) is 4.97. The van der Waals surface area contributed by atoms with Crippen molar-refractivity contribution < 1.29 is 0 Å². The molecule has 6 heteroatoms. The summed E-state index contributed by atoms with van der Waals surface area (Å²) in [5.41, 5.74) is 3.91. The van der Waals surface area contributed by atoms with Crippen molar-refractivity contribution in [3.8, 4) is 0 Å². The van der Waals surface area contributed by atoms with E-state index in [0.717, 1.165) is 27.3 Å². The molecule has 3 heterocycles. The Morgan fingerprint density at radius 1 is 1.16 bits per heavy atom. The first kappa shape index (κ1) is 12.1. The van der Waals surface area contributed by atoms with E-state index in [1.807, 2.05) is 42.0 Å². The predicted octanol–water partition coefficient (Wildman–Crippen LogP) is 2.81. The summed E-state index contributed by atoms with van der Waals surface area (Å²) in [6, 6.07) is 4.00. The second-order valence-electron chi connectivity index (χ2n) is 4.23. The smallest absolute Gasteiger partial charge is 0.155 e. The van der Waals surface area contributed by atoms with Gasteiger partial charge in [-0.1, -0.05) is 0 Å². The van der Waals surface area contributed by atoms with Gasteiger partial charge in [0.05, 0.1) is 36.5 Å². The van der Waals surface area contributed by atoms with Crippen molar-refractivity contribution in [2.75, 3.05) is 5.32 Å². The summed E-state index contributed by atoms with van der Waals surface area (Å²) in [6.45, 7) is 2.65. The van der Waals surface area contributed by atoms with Crippen molar-refractivity contribution >= 4 is 27.3 Å². The fourth-order valence-electron chi connectivity index (χ4n) is 1.81. The third kappa shape index (κ3) is 2.58. The molecule has 96 valence electrons. The zero-order valence-corrected chi connectivity index (χ0v) is 11.9. The van der Waals surface area contributed by atoms with Crippen LogP contribution >= 0.6 is 15.9 Å². The van der Waals surface area contributed by atoms with Gasteiger partial charge in [-0.05, 0) is 35.0 Å². The van der Waals surface area contributed by atoms with E-state index >= 15 is 0 Å². The molecule has 19 heavy (non-hydrogen) atoms. The van der Waals surface area contributed by atoms with E-state index in [1.54, 1.807) is 6.20 Å². The van der Waals surface area contributed by atoms with Crippen LogP contribution in [0.5, 0.6) is 0 Å². The Morgan fingerprint density at radius 2 is 2.05 bits per heavy atom. The highest BCUT2D eigenvalue weighted by Gasteiger charge is 2.04. The predicted molar refractivity (Wildman–Crippen MR) is 77.0 cm³/mol. The van der Waals surface area contributed by atoms with E-state index in [4.69, 9.17) is 0 Å². The van der Waals surface area contributed by atoms with Gasteiger partial charge in [-0.2, -0.15) is 0 Å². The maximum absolute atomic E-state index is 4.31. The maximum Gasteiger partial charge on any atom is 0.155 e. The summed E-state index contributed by atoms with van der Waals surface area (Å²) in [4.78, 5) is 12.7. The summed E-state index contributed by atoms with van der Waals surface area (Å²) in [6.07, 6.45) is 7.32. The van der Waals surface area contributed by atoms with Crippen molar-refractivity contribution in [1.29, 1.82) is 0 Å². The van der Waals surface area contributed by atoms with E-state index < -0.39 is 0 Å². The number of nitrogens with one attached hydrogen (secondary N) is 1. The largest absolute Gasteiger partial charge is 0.378 e. The van der Waals surface area contributed by atoms with Crippen molar-refractivity contribution in [3.05, 3.63) is 52.9 Å². The van der Waals surface area contributed by atoms with Crippen LogP contribution in [0.1, 0.15) is 11.4 Å². The molecule has 0 radical (unpaired) electrons. The SMILES string of the molecule is Cc1ccc(NCc2cnc3cnc(Br)cn23)cn1. The zero-order chi connectivity index (χ0) is 13.2. The minimum absolute atomic E-state index is 0.683. The van der Waals surface area contributed by atoms with Crippen molar-refractivity contribution in [2.24, 2.45) is 0 Å². The average Bonchev–Trinajstić information content (AvgIpc) is 2.80. The van der Waals surface area contributed by atoms with Crippen molar-refractivity contribution in [1.82, 2.24) is 19.4 Å². The Balaban J connectivity index is 1.81. The summed E-state index contributed by atoms with van der Waals surface area (Å²) in [5, 5.41) is 3.33. The van der Waals surface area contributed by atoms with Crippen molar-refractivity contribution in [3.63, 3.8) is 0 Å². The first-order chi connectivity index (χ1) is 9.22. The number of aromatic nitrogens is 4. The molecule has 0 unspecified atom stereocenters. The van der Waals surface area contributed by atoms with Crippen LogP contribution in [-0.2, 0) is 6.54 Å². The molecule has 0 spiro atoms. The van der Waals surface area contributed by atoms with E-state index in [0.29, 0.717) is 6.54 Å². The molecule has 0 fully saturated rings. The lowest BCUT2D eigenvalue weighted by molar-refractivity contribution is 0.981. The first-order valence-electron chi connectivity index (χ1n) is 5.86. The molecule has 3 rings (SSSR count). The van der Waals surface area contributed by atoms with Crippen LogP contribution in [-0.4, -0.2) is 19.4 Å². The van der Waals surface area contributed by atoms with Gasteiger partial charge < -0.3 is 5.32 Å². The summed E-state index contributed by atoms with van der Waals surface area (Å²) < 4.78 is 2.79. The molecule has 0 aliphatic rings. The number of anilines is 1. The normalized spacial score (nSPS) is 10.8. The van der Waals surface area contributed by atoms with E-state index in [2.05, 4.69) is 36.2 Å². The molecular weight excluding hydrogens is 306 g/mol. The lowest BCUT2D eigenvalue weighted by atomic mass is 10.3. The lowest BCUT2D eigenvalue weighted by Crippen LogP contribution is -2.03. The van der Waals surface area contributed by atoms with Gasteiger partial charge in [0.1, 0.15) is 4.60 Å². The number of imidazole rings is 1. The zero-order valence-electron chi connectivity index (χ0n) is 10.3. The van der Waals surface area contributed by atoms with Crippen molar-refractivity contribution in [2.45, 2.75) is 13.5 Å². The molecule has 3 aromatic rings. The van der Waals surface area contributed by atoms with Gasteiger partial charge in [-0.15, -0.1) is 0 Å². The molecular formula is C13H12BrN5. The van der Waals surface area contributed by atoms with Crippen LogP contribution in [0.15, 0.2) is 41.5 Å². The number of aryl methyl sites for hydroxylation is 1. The fourth-order valence-corrected chi connectivity index (χ4v) is 2.12. The van der Waals surface area contributed by atoms with Gasteiger partial charge in [0.25, 0.3) is 0 Å². The standard InChI is InChI=1S/C13H12BrN5/c1-9-2-3-10(4-15-9)16-5-11-6-18-13-7-17-12(14)8-19(11)13/h2-4,6-8,16H,5H2,1H3. The molecule has 0 aliphatic carbocycles. The van der Waals surface area contributed by atoms with Crippen LogP contribution in [0.25, 0.3) is 5.65 Å². The Kier molecular flexibility index (Phi) is 3.16. The van der Waals surface area contributed by atoms with Gasteiger partial charge >= 0.3 is 0 Å². The Labute approximate surface area is 118 Å². The minimum atomic E-state index is 0.683. The minimum Gasteiger partial charge on any atom is -0.378 e. The fraction of sp³-hybridized carbons (Fsp3) is 0.154. The number of rotatable bonds is 3. The number of hydrogen-bond acceptors (Lipinski definition) is 4. The molecule has 1 N–H and O–H groups in total. The lowest BCUT2D eigenvalue weighted by Gasteiger charge is -2.06. The number of pyridine rings is 1. The van der Waals surface area contributed by atoms with Crippen LogP contribution in [0.4, 0.5) is 5.69 Å². The molecule has 0 saturated heterocycles. The Bertz CT molecular complexity index is 705. The summed E-state index contributed by atoms with van der Waals surface area (Å²) in [5.74, 6) is 0. The van der Waals surface area contributed by atoms with Crippen LogP contribution in [0.2, 0.25) is 0 Å². The highest BCUT2D eigenvalue weighted by molar-refractivity contribution is 9.10.